The number of halogens is 1. The summed E-state index contributed by atoms with van der Waals surface area (Å²) in [4.78, 5) is 29.8. The van der Waals surface area contributed by atoms with E-state index in [4.69, 9.17) is 0 Å². The van der Waals surface area contributed by atoms with Crippen molar-refractivity contribution in [3.63, 3.8) is 0 Å². The molecule has 0 unspecified atom stereocenters. The van der Waals surface area contributed by atoms with E-state index in [0.29, 0.717) is 28.3 Å². The second-order valence-corrected chi connectivity index (χ2v) is 7.54. The van der Waals surface area contributed by atoms with Gasteiger partial charge in [0.1, 0.15) is 12.4 Å². The van der Waals surface area contributed by atoms with Crippen molar-refractivity contribution in [3.05, 3.63) is 81.7 Å². The molecule has 164 valence electrons. The topological polar surface area (TPSA) is 93.3 Å². The van der Waals surface area contributed by atoms with E-state index in [0.717, 1.165) is 16.7 Å². The van der Waals surface area contributed by atoms with Gasteiger partial charge in [0.15, 0.2) is 5.65 Å². The van der Waals surface area contributed by atoms with Crippen molar-refractivity contribution >= 4 is 28.9 Å². The van der Waals surface area contributed by atoms with Crippen molar-refractivity contribution in [3.8, 4) is 0 Å². The number of anilines is 3. The second kappa shape index (κ2) is 8.62. The summed E-state index contributed by atoms with van der Waals surface area (Å²) >= 11 is 0. The van der Waals surface area contributed by atoms with Crippen molar-refractivity contribution in [2.45, 2.75) is 33.7 Å². The van der Waals surface area contributed by atoms with Crippen molar-refractivity contribution in [2.24, 2.45) is 0 Å². The third-order valence-corrected chi connectivity index (χ3v) is 5.06. The van der Waals surface area contributed by atoms with Gasteiger partial charge in [0.25, 0.3) is 0 Å². The molecule has 0 aliphatic rings. The fourth-order valence-corrected chi connectivity index (χ4v) is 3.30. The van der Waals surface area contributed by atoms with Crippen molar-refractivity contribution in [2.75, 3.05) is 10.6 Å². The molecule has 2 aromatic carbocycles. The van der Waals surface area contributed by atoms with Gasteiger partial charge in [-0.25, -0.2) is 23.3 Å². The van der Waals surface area contributed by atoms with Crippen LogP contribution in [0.1, 0.15) is 23.7 Å². The average molecular weight is 434 g/mol. The lowest BCUT2D eigenvalue weighted by molar-refractivity contribution is -0.117. The van der Waals surface area contributed by atoms with Gasteiger partial charge in [-0.1, -0.05) is 25.1 Å². The van der Waals surface area contributed by atoms with Crippen LogP contribution in [0.25, 0.3) is 5.65 Å². The van der Waals surface area contributed by atoms with Crippen molar-refractivity contribution in [1.82, 2.24) is 19.2 Å². The van der Waals surface area contributed by atoms with E-state index in [-0.39, 0.29) is 24.2 Å². The molecular formula is C23H23FN6O2. The van der Waals surface area contributed by atoms with Crippen LogP contribution in [0.5, 0.6) is 0 Å². The summed E-state index contributed by atoms with van der Waals surface area (Å²) < 4.78 is 16.3. The molecule has 0 fully saturated rings. The van der Waals surface area contributed by atoms with E-state index in [2.05, 4.69) is 27.6 Å². The zero-order valence-electron chi connectivity index (χ0n) is 18.0. The number of benzene rings is 2. The zero-order valence-corrected chi connectivity index (χ0v) is 18.0. The second-order valence-electron chi connectivity index (χ2n) is 7.54. The minimum Gasteiger partial charge on any atom is -0.325 e. The Morgan fingerprint density at radius 1 is 1.06 bits per heavy atom. The van der Waals surface area contributed by atoms with Gasteiger partial charge in [-0.15, -0.1) is 5.10 Å². The number of aromatic nitrogens is 4. The van der Waals surface area contributed by atoms with Gasteiger partial charge in [0.05, 0.1) is 0 Å². The third-order valence-electron chi connectivity index (χ3n) is 5.06. The van der Waals surface area contributed by atoms with Gasteiger partial charge in [0.2, 0.25) is 11.9 Å². The van der Waals surface area contributed by atoms with Crippen molar-refractivity contribution in [1.29, 1.82) is 0 Å². The molecule has 4 aromatic rings. The largest absolute Gasteiger partial charge is 0.353 e. The first-order valence-corrected chi connectivity index (χ1v) is 10.2. The van der Waals surface area contributed by atoms with Crippen LogP contribution in [0.15, 0.2) is 53.3 Å². The van der Waals surface area contributed by atoms with Crippen molar-refractivity contribution < 1.29 is 9.18 Å². The average Bonchev–Trinajstić information content (AvgIpc) is 3.06. The molecule has 0 atom stereocenters. The summed E-state index contributed by atoms with van der Waals surface area (Å²) in [7, 11) is 0. The number of nitrogens with one attached hydrogen (secondary N) is 2. The highest BCUT2D eigenvalue weighted by Gasteiger charge is 2.16. The number of carbonyl (C=O) groups is 1. The highest BCUT2D eigenvalue weighted by Crippen LogP contribution is 2.18. The SMILES string of the molecule is CCc1ccc(NC(=O)Cn2nc3cc(C)nc(Nc4ccc(C)c(F)c4)n3c2=O)cc1. The number of amides is 1. The van der Waals surface area contributed by atoms with E-state index in [1.165, 1.54) is 10.5 Å². The maximum absolute atomic E-state index is 13.9. The van der Waals surface area contributed by atoms with Gasteiger partial charge in [0, 0.05) is 23.1 Å². The van der Waals surface area contributed by atoms with Crippen LogP contribution in [0.2, 0.25) is 0 Å². The summed E-state index contributed by atoms with van der Waals surface area (Å²) in [5.41, 5.74) is 3.18. The quantitative estimate of drug-likeness (QED) is 0.484. The van der Waals surface area contributed by atoms with Gasteiger partial charge < -0.3 is 10.6 Å². The third kappa shape index (κ3) is 4.36. The van der Waals surface area contributed by atoms with E-state index in [9.17, 15) is 14.0 Å². The van der Waals surface area contributed by atoms with Gasteiger partial charge >= 0.3 is 5.69 Å². The number of hydrogen-bond acceptors (Lipinski definition) is 5. The molecule has 4 rings (SSSR count). The minimum absolute atomic E-state index is 0.190. The van der Waals surface area contributed by atoms with Crippen LogP contribution in [0, 0.1) is 19.7 Å². The molecule has 0 radical (unpaired) electrons. The fraction of sp³-hybridized carbons (Fsp3) is 0.217. The van der Waals surface area contributed by atoms with Gasteiger partial charge in [-0.3, -0.25) is 4.79 Å². The molecule has 2 aromatic heterocycles. The zero-order chi connectivity index (χ0) is 22.8. The smallest absolute Gasteiger partial charge is 0.325 e. The van der Waals surface area contributed by atoms with Crippen LogP contribution in [0.4, 0.5) is 21.7 Å². The molecule has 0 saturated carbocycles. The molecule has 2 N–H and O–H groups in total. The molecule has 0 saturated heterocycles. The lowest BCUT2D eigenvalue weighted by Gasteiger charge is -2.08. The predicted octanol–water partition coefficient (Wildman–Crippen LogP) is 3.59. The molecule has 0 bridgehead atoms. The molecule has 9 heteroatoms. The van der Waals surface area contributed by atoms with E-state index < -0.39 is 5.69 Å². The van der Waals surface area contributed by atoms with Crippen LogP contribution in [-0.2, 0) is 17.8 Å². The Kier molecular flexibility index (Phi) is 5.72. The summed E-state index contributed by atoms with van der Waals surface area (Å²) in [6.45, 7) is 5.23. The number of aryl methyl sites for hydroxylation is 3. The number of fused-ring (bicyclic) bond motifs is 1. The monoisotopic (exact) mass is 434 g/mol. The lowest BCUT2D eigenvalue weighted by atomic mass is 10.1. The Balaban J connectivity index is 1.61. The molecule has 0 spiro atoms. The van der Waals surface area contributed by atoms with E-state index >= 15 is 0 Å². The Labute approximate surface area is 183 Å². The molecule has 2 heterocycles. The van der Waals surface area contributed by atoms with Crippen LogP contribution in [-0.4, -0.2) is 25.1 Å². The maximum Gasteiger partial charge on any atom is 0.353 e. The summed E-state index contributed by atoms with van der Waals surface area (Å²) in [5.74, 6) is -0.555. The predicted molar refractivity (Wildman–Crippen MR) is 121 cm³/mol. The molecule has 32 heavy (non-hydrogen) atoms. The first kappa shape index (κ1) is 21.2. The summed E-state index contributed by atoms with van der Waals surface area (Å²) in [5, 5.41) is 10.0. The summed E-state index contributed by atoms with van der Waals surface area (Å²) in [6, 6.07) is 13.8. The number of carbonyl (C=O) groups excluding carboxylic acids is 1. The summed E-state index contributed by atoms with van der Waals surface area (Å²) in [6.07, 6.45) is 0.907. The normalized spacial score (nSPS) is 11.0. The van der Waals surface area contributed by atoms with Crippen LogP contribution in [0.3, 0.4) is 0 Å². The fourth-order valence-electron chi connectivity index (χ4n) is 3.30. The maximum atomic E-state index is 13.9. The molecule has 0 aliphatic heterocycles. The van der Waals surface area contributed by atoms with E-state index in [1.807, 2.05) is 24.3 Å². The number of rotatable bonds is 6. The first-order chi connectivity index (χ1) is 15.3. The molecule has 1 amide bonds. The lowest BCUT2D eigenvalue weighted by Crippen LogP contribution is -2.29. The standard InChI is InChI=1S/C23H23FN6O2/c1-4-16-6-9-17(10-7-16)26-21(31)13-29-23(32)30-20(28-29)11-15(3)25-22(30)27-18-8-5-14(2)19(24)12-18/h5-12H,4,13H2,1-3H3,(H,25,27)(H,26,31). The molecule has 8 nitrogen and oxygen atoms in total. The van der Waals surface area contributed by atoms with E-state index in [1.54, 1.807) is 32.0 Å². The van der Waals surface area contributed by atoms with Crippen LogP contribution >= 0.6 is 0 Å². The van der Waals surface area contributed by atoms with Gasteiger partial charge in [-0.2, -0.15) is 0 Å². The minimum atomic E-state index is -0.529. The Hall–Kier alpha value is -4.01. The number of nitrogens with zero attached hydrogens (tertiary/aromatic N) is 4. The Morgan fingerprint density at radius 3 is 2.47 bits per heavy atom. The molecule has 0 aliphatic carbocycles. The highest BCUT2D eigenvalue weighted by atomic mass is 19.1. The Morgan fingerprint density at radius 2 is 1.78 bits per heavy atom. The molecular weight excluding hydrogens is 411 g/mol. The Bertz CT molecular complexity index is 1360. The van der Waals surface area contributed by atoms with Gasteiger partial charge in [-0.05, 0) is 55.7 Å². The first-order valence-electron chi connectivity index (χ1n) is 10.2. The highest BCUT2D eigenvalue weighted by molar-refractivity contribution is 5.90. The number of hydrogen-bond donors (Lipinski definition) is 2. The van der Waals surface area contributed by atoms with Crippen LogP contribution < -0.4 is 16.3 Å².